The third-order valence-electron chi connectivity index (χ3n) is 9.88. The Labute approximate surface area is 282 Å². The number of esters is 1. The number of rotatable bonds is 15. The molecule has 2 rings (SSSR count). The minimum Gasteiger partial charge on any atom is -0.469 e. The van der Waals surface area contributed by atoms with E-state index in [2.05, 4.69) is 112 Å². The predicted octanol–water partition coefficient (Wildman–Crippen LogP) is 8.43. The first-order valence-corrected chi connectivity index (χ1v) is 21.5. The van der Waals surface area contributed by atoms with Crippen LogP contribution in [-0.2, 0) is 18.4 Å². The van der Waals surface area contributed by atoms with Gasteiger partial charge in [0, 0.05) is 17.8 Å². The van der Waals surface area contributed by atoms with Crippen LogP contribution in [0.2, 0.25) is 23.2 Å². The number of carbonyl (C=O) groups excluding carboxylic acids is 1. The van der Waals surface area contributed by atoms with E-state index in [4.69, 9.17) is 13.6 Å². The van der Waals surface area contributed by atoms with Crippen LogP contribution in [0.3, 0.4) is 0 Å². The molecule has 0 unspecified atom stereocenters. The van der Waals surface area contributed by atoms with Crippen molar-refractivity contribution in [2.75, 3.05) is 7.11 Å². The molecule has 0 radical (unpaired) electrons. The predicted molar refractivity (Wildman–Crippen MR) is 199 cm³/mol. The molecule has 0 aliphatic carbocycles. The second-order valence-electron chi connectivity index (χ2n) is 16.0. The largest absolute Gasteiger partial charge is 0.469 e. The van der Waals surface area contributed by atoms with E-state index in [0.29, 0.717) is 0 Å². The van der Waals surface area contributed by atoms with Gasteiger partial charge in [-0.3, -0.25) is 4.79 Å². The summed E-state index contributed by atoms with van der Waals surface area (Å²) in [6.45, 7) is 30.5. The smallest absolute Gasteiger partial charge is 0.308 e. The number of benzene rings is 2. The van der Waals surface area contributed by atoms with Crippen molar-refractivity contribution in [2.24, 2.45) is 11.3 Å². The van der Waals surface area contributed by atoms with Crippen LogP contribution in [0.25, 0.3) is 0 Å². The molecule has 46 heavy (non-hydrogen) atoms. The van der Waals surface area contributed by atoms with E-state index < -0.39 is 28.8 Å². The number of methoxy groups -OCH3 is 1. The number of aliphatic hydroxyl groups is 1. The summed E-state index contributed by atoms with van der Waals surface area (Å²) in [4.78, 5) is 12.8. The molecule has 0 amide bonds. The maximum Gasteiger partial charge on any atom is 0.308 e. The number of ether oxygens (including phenoxy) is 1. The van der Waals surface area contributed by atoms with Gasteiger partial charge in [-0.25, -0.2) is 0 Å². The lowest BCUT2D eigenvalue weighted by atomic mass is 9.79. The third kappa shape index (κ3) is 9.63. The van der Waals surface area contributed by atoms with Crippen LogP contribution in [0, 0.1) is 11.3 Å². The minimum absolute atomic E-state index is 0.00780. The summed E-state index contributed by atoms with van der Waals surface area (Å²) in [5.41, 5.74) is 0.549. The maximum absolute atomic E-state index is 12.8. The molecule has 0 saturated carbocycles. The molecule has 1 N–H and O–H groups in total. The lowest BCUT2D eigenvalue weighted by Crippen LogP contribution is -2.68. The van der Waals surface area contributed by atoms with E-state index in [0.717, 1.165) is 15.9 Å². The van der Waals surface area contributed by atoms with Crippen molar-refractivity contribution in [3.63, 3.8) is 0 Å². The van der Waals surface area contributed by atoms with E-state index in [1.807, 2.05) is 49.4 Å². The summed E-state index contributed by atoms with van der Waals surface area (Å²) in [6.07, 6.45) is 2.89. The van der Waals surface area contributed by atoms with Crippen molar-refractivity contribution in [3.8, 4) is 0 Å². The molecule has 256 valence electrons. The number of hydrogen-bond donors (Lipinski definition) is 1. The van der Waals surface area contributed by atoms with Crippen molar-refractivity contribution in [3.05, 3.63) is 85.0 Å². The highest BCUT2D eigenvalue weighted by atomic mass is 28.4. The highest BCUT2D eigenvalue weighted by Gasteiger charge is 2.52. The molecule has 0 bridgehead atoms. The fourth-order valence-corrected chi connectivity index (χ4v) is 12.2. The molecule has 0 aromatic heterocycles. The van der Waals surface area contributed by atoms with Crippen LogP contribution in [0.1, 0.15) is 82.1 Å². The summed E-state index contributed by atoms with van der Waals surface area (Å²) in [5.74, 6) is -0.353. The zero-order chi connectivity index (χ0) is 35.1. The molecular formula is C39H62O5Si2. The van der Waals surface area contributed by atoms with Crippen molar-refractivity contribution in [1.82, 2.24) is 0 Å². The Hall–Kier alpha value is -2.30. The number of carbonyl (C=O) groups is 1. The van der Waals surface area contributed by atoms with Crippen LogP contribution in [0.5, 0.6) is 0 Å². The van der Waals surface area contributed by atoms with Crippen molar-refractivity contribution < 1.29 is 23.5 Å². The van der Waals surface area contributed by atoms with Gasteiger partial charge in [0.25, 0.3) is 8.32 Å². The highest BCUT2D eigenvalue weighted by molar-refractivity contribution is 6.99. The second kappa shape index (κ2) is 15.7. The molecule has 0 saturated heterocycles. The first-order valence-electron chi connectivity index (χ1n) is 16.7. The van der Waals surface area contributed by atoms with Gasteiger partial charge in [-0.05, 0) is 46.0 Å². The zero-order valence-electron chi connectivity index (χ0n) is 30.9. The monoisotopic (exact) mass is 666 g/mol. The molecule has 7 heteroatoms. The maximum atomic E-state index is 12.8. The van der Waals surface area contributed by atoms with Crippen molar-refractivity contribution >= 4 is 33.0 Å². The van der Waals surface area contributed by atoms with Gasteiger partial charge < -0.3 is 18.7 Å². The molecule has 0 aliphatic rings. The van der Waals surface area contributed by atoms with Gasteiger partial charge in [-0.1, -0.05) is 135 Å². The third-order valence-corrected chi connectivity index (χ3v) is 19.4. The topological polar surface area (TPSA) is 65.0 Å². The SMILES string of the molecule is C=CC(C)(C)[C@H](O[Si](C)(C)C(C)(C)C)[C@@H](C)/C=C(\C)[C@H](O)C[C@@H](CC(=O)OC)O[Si](c1ccccc1)(c1ccccc1)C(C)(C)C. The Balaban J connectivity index is 2.56. The molecule has 2 aromatic carbocycles. The van der Waals surface area contributed by atoms with Crippen LogP contribution in [0.15, 0.2) is 85.0 Å². The quantitative estimate of drug-likeness (QED) is 0.117. The molecule has 2 aromatic rings. The normalized spacial score (nSPS) is 16.3. The Morgan fingerprint density at radius 3 is 1.74 bits per heavy atom. The summed E-state index contributed by atoms with van der Waals surface area (Å²) in [5, 5.41) is 13.7. The Morgan fingerprint density at radius 1 is 0.870 bits per heavy atom. The molecular weight excluding hydrogens is 605 g/mol. The van der Waals surface area contributed by atoms with Gasteiger partial charge in [-0.2, -0.15) is 0 Å². The Bertz CT molecular complexity index is 1250. The lowest BCUT2D eigenvalue weighted by molar-refractivity contribution is -0.142. The minimum atomic E-state index is -2.98. The molecule has 4 atom stereocenters. The summed E-state index contributed by atoms with van der Waals surface area (Å²) >= 11 is 0. The van der Waals surface area contributed by atoms with Gasteiger partial charge in [0.05, 0.1) is 31.8 Å². The summed E-state index contributed by atoms with van der Waals surface area (Å²) < 4.78 is 19.5. The van der Waals surface area contributed by atoms with E-state index in [1.54, 1.807) is 0 Å². The molecule has 0 aliphatic heterocycles. The molecule has 5 nitrogen and oxygen atoms in total. The Kier molecular flexibility index (Phi) is 13.6. The van der Waals surface area contributed by atoms with Gasteiger partial charge in [0.1, 0.15) is 0 Å². The zero-order valence-corrected chi connectivity index (χ0v) is 32.9. The van der Waals surface area contributed by atoms with E-state index in [9.17, 15) is 9.90 Å². The van der Waals surface area contributed by atoms with Crippen LogP contribution in [-0.4, -0.2) is 53.1 Å². The lowest BCUT2D eigenvalue weighted by Gasteiger charge is -2.45. The average molecular weight is 667 g/mol. The Morgan fingerprint density at radius 2 is 1.35 bits per heavy atom. The van der Waals surface area contributed by atoms with Gasteiger partial charge in [-0.15, -0.1) is 6.58 Å². The van der Waals surface area contributed by atoms with Crippen molar-refractivity contribution in [2.45, 2.75) is 124 Å². The fraction of sp³-hybridized carbons (Fsp3) is 0.564. The number of hydrogen-bond acceptors (Lipinski definition) is 5. The van der Waals surface area contributed by atoms with E-state index in [1.165, 1.54) is 7.11 Å². The molecule has 0 spiro atoms. The average Bonchev–Trinajstić information content (AvgIpc) is 2.97. The summed E-state index contributed by atoms with van der Waals surface area (Å²) in [6, 6.07) is 20.7. The molecule has 0 fully saturated rings. The van der Waals surface area contributed by atoms with Crippen LogP contribution >= 0.6 is 0 Å². The molecule has 0 heterocycles. The van der Waals surface area contributed by atoms with Crippen molar-refractivity contribution in [1.29, 1.82) is 0 Å². The van der Waals surface area contributed by atoms with E-state index >= 15 is 0 Å². The van der Waals surface area contributed by atoms with E-state index in [-0.39, 0.29) is 46.3 Å². The summed E-state index contributed by atoms with van der Waals surface area (Å²) in [7, 11) is -3.68. The number of aliphatic hydroxyl groups excluding tert-OH is 1. The van der Waals surface area contributed by atoms with Gasteiger partial charge in [0.2, 0.25) is 0 Å². The first-order chi connectivity index (χ1) is 21.1. The first kappa shape index (κ1) is 39.9. The van der Waals surface area contributed by atoms with Crippen LogP contribution in [0.4, 0.5) is 0 Å². The fourth-order valence-electron chi connectivity index (χ4n) is 5.98. The van der Waals surface area contributed by atoms with Gasteiger partial charge in [0.15, 0.2) is 8.32 Å². The van der Waals surface area contributed by atoms with Crippen LogP contribution < -0.4 is 10.4 Å². The standard InChI is InChI=1S/C39H62O5Si2/c1-15-39(10,11)36(44-45(13,14)37(4,5)6)30(3)26-29(2)34(40)27-31(28-35(41)42-12)43-46(38(7,8)9,32-22-18-16-19-23-32)33-24-20-17-21-25-33/h15-26,30-31,34,36,40H,1,27-28H2,2-14H3/b29-26+/t30-,31-,34+,36+/m0/s1. The highest BCUT2D eigenvalue weighted by Crippen LogP contribution is 2.42. The van der Waals surface area contributed by atoms with Gasteiger partial charge >= 0.3 is 5.97 Å². The second-order valence-corrected chi connectivity index (χ2v) is 25.0.